The zero-order chi connectivity index (χ0) is 16.2. The summed E-state index contributed by atoms with van der Waals surface area (Å²) in [4.78, 5) is 15.5. The van der Waals surface area contributed by atoms with Gasteiger partial charge in [-0.05, 0) is 42.7 Å². The predicted octanol–water partition coefficient (Wildman–Crippen LogP) is 3.52. The largest absolute Gasteiger partial charge is 0.358 e. The average Bonchev–Trinajstić information content (AvgIpc) is 2.83. The maximum absolute atomic E-state index is 13.1. The van der Waals surface area contributed by atoms with Crippen molar-refractivity contribution < 1.29 is 9.18 Å². The highest BCUT2D eigenvalue weighted by molar-refractivity contribution is 5.90. The third-order valence-corrected chi connectivity index (χ3v) is 3.99. The van der Waals surface area contributed by atoms with Crippen molar-refractivity contribution in [3.63, 3.8) is 0 Å². The van der Waals surface area contributed by atoms with Gasteiger partial charge in [-0.25, -0.2) is 4.39 Å². The molecule has 0 fully saturated rings. The lowest BCUT2D eigenvalue weighted by atomic mass is 10.1. The Morgan fingerprint density at radius 3 is 2.83 bits per heavy atom. The van der Waals surface area contributed by atoms with Gasteiger partial charge in [0.15, 0.2) is 0 Å². The van der Waals surface area contributed by atoms with Gasteiger partial charge in [0.2, 0.25) is 5.91 Å². The number of para-hydroxylation sites is 1. The quantitative estimate of drug-likeness (QED) is 0.744. The molecular formula is C19H19FN2O. The van der Waals surface area contributed by atoms with Crippen LogP contribution in [0.4, 0.5) is 4.39 Å². The van der Waals surface area contributed by atoms with Crippen LogP contribution in [0, 0.1) is 12.7 Å². The molecule has 0 spiro atoms. The molecule has 2 N–H and O–H groups in total. The van der Waals surface area contributed by atoms with Crippen LogP contribution in [0.15, 0.2) is 48.5 Å². The average molecular weight is 310 g/mol. The third kappa shape index (κ3) is 3.59. The number of aromatic amines is 1. The van der Waals surface area contributed by atoms with Crippen molar-refractivity contribution in [2.24, 2.45) is 0 Å². The highest BCUT2D eigenvalue weighted by atomic mass is 19.1. The first kappa shape index (κ1) is 15.3. The zero-order valence-electron chi connectivity index (χ0n) is 13.0. The summed E-state index contributed by atoms with van der Waals surface area (Å²) in [6, 6.07) is 14.4. The van der Waals surface area contributed by atoms with Crippen LogP contribution in [-0.2, 0) is 17.6 Å². The van der Waals surface area contributed by atoms with Crippen molar-refractivity contribution in [3.8, 4) is 0 Å². The fraction of sp³-hybridized carbons (Fsp3) is 0.211. The molecule has 2 aromatic carbocycles. The second-order valence-corrected chi connectivity index (χ2v) is 5.68. The molecule has 0 aliphatic rings. The Labute approximate surface area is 134 Å². The van der Waals surface area contributed by atoms with Crippen molar-refractivity contribution in [2.75, 3.05) is 6.54 Å². The van der Waals surface area contributed by atoms with E-state index in [-0.39, 0.29) is 11.7 Å². The molecule has 0 atom stereocenters. The van der Waals surface area contributed by atoms with E-state index in [9.17, 15) is 9.18 Å². The Bertz CT molecular complexity index is 838. The van der Waals surface area contributed by atoms with E-state index in [0.717, 1.165) is 27.7 Å². The number of nitrogens with one attached hydrogen (secondary N) is 2. The summed E-state index contributed by atoms with van der Waals surface area (Å²) < 4.78 is 13.1. The van der Waals surface area contributed by atoms with Crippen LogP contribution in [0.5, 0.6) is 0 Å². The summed E-state index contributed by atoms with van der Waals surface area (Å²) in [7, 11) is 0. The summed E-state index contributed by atoms with van der Waals surface area (Å²) in [5, 5.41) is 3.99. The number of aromatic nitrogens is 1. The van der Waals surface area contributed by atoms with Crippen LogP contribution in [0.25, 0.3) is 10.9 Å². The minimum atomic E-state index is -0.247. The number of benzene rings is 2. The fourth-order valence-electron chi connectivity index (χ4n) is 2.82. The summed E-state index contributed by atoms with van der Waals surface area (Å²) in [5.41, 5.74) is 3.98. The number of hydrogen-bond donors (Lipinski definition) is 2. The van der Waals surface area contributed by atoms with E-state index in [0.29, 0.717) is 19.4 Å². The molecule has 4 heteroatoms. The molecule has 23 heavy (non-hydrogen) atoms. The number of aryl methyl sites for hydroxylation is 1. The van der Waals surface area contributed by atoms with Crippen LogP contribution >= 0.6 is 0 Å². The van der Waals surface area contributed by atoms with Gasteiger partial charge >= 0.3 is 0 Å². The molecule has 0 bridgehead atoms. The van der Waals surface area contributed by atoms with Crippen molar-refractivity contribution in [3.05, 3.63) is 71.2 Å². The molecule has 3 aromatic rings. The van der Waals surface area contributed by atoms with Crippen molar-refractivity contribution in [2.45, 2.75) is 19.8 Å². The van der Waals surface area contributed by atoms with Crippen LogP contribution < -0.4 is 5.32 Å². The smallest absolute Gasteiger partial charge is 0.224 e. The third-order valence-electron chi connectivity index (χ3n) is 3.99. The fourth-order valence-corrected chi connectivity index (χ4v) is 2.82. The predicted molar refractivity (Wildman–Crippen MR) is 89.9 cm³/mol. The number of amides is 1. The Kier molecular flexibility index (Phi) is 4.42. The van der Waals surface area contributed by atoms with Gasteiger partial charge in [0.25, 0.3) is 0 Å². The second kappa shape index (κ2) is 6.65. The molecule has 0 saturated carbocycles. The Morgan fingerprint density at radius 1 is 1.17 bits per heavy atom. The van der Waals surface area contributed by atoms with E-state index in [1.54, 1.807) is 6.07 Å². The molecular weight excluding hydrogens is 291 g/mol. The molecule has 3 nitrogen and oxygen atoms in total. The van der Waals surface area contributed by atoms with Gasteiger partial charge in [0.05, 0.1) is 6.42 Å². The van der Waals surface area contributed by atoms with Gasteiger partial charge in [-0.3, -0.25) is 4.79 Å². The Hall–Kier alpha value is -2.62. The number of carbonyl (C=O) groups excluding carboxylic acids is 1. The molecule has 118 valence electrons. The lowest BCUT2D eigenvalue weighted by Crippen LogP contribution is -2.27. The minimum absolute atomic E-state index is 0.0192. The van der Waals surface area contributed by atoms with Gasteiger partial charge in [0.1, 0.15) is 5.82 Å². The molecule has 1 aromatic heterocycles. The monoisotopic (exact) mass is 310 g/mol. The van der Waals surface area contributed by atoms with Crippen molar-refractivity contribution in [1.82, 2.24) is 10.3 Å². The molecule has 1 heterocycles. The maximum atomic E-state index is 13.1. The first-order valence-corrected chi connectivity index (χ1v) is 7.71. The van der Waals surface area contributed by atoms with Crippen LogP contribution in [-0.4, -0.2) is 17.4 Å². The first-order chi connectivity index (χ1) is 11.1. The van der Waals surface area contributed by atoms with Gasteiger partial charge in [-0.1, -0.05) is 30.3 Å². The molecule has 0 aliphatic carbocycles. The number of hydrogen-bond acceptors (Lipinski definition) is 1. The highest BCUT2D eigenvalue weighted by Gasteiger charge is 2.11. The van der Waals surface area contributed by atoms with E-state index in [4.69, 9.17) is 0 Å². The van der Waals surface area contributed by atoms with E-state index in [1.165, 1.54) is 12.1 Å². The van der Waals surface area contributed by atoms with Gasteiger partial charge in [0, 0.05) is 23.1 Å². The molecule has 0 unspecified atom stereocenters. The number of halogens is 1. The molecule has 0 aliphatic heterocycles. The van der Waals surface area contributed by atoms with Crippen LogP contribution in [0.2, 0.25) is 0 Å². The number of H-pyrrole nitrogens is 1. The second-order valence-electron chi connectivity index (χ2n) is 5.68. The van der Waals surface area contributed by atoms with E-state index < -0.39 is 0 Å². The summed E-state index contributed by atoms with van der Waals surface area (Å²) in [6.45, 7) is 2.49. The lowest BCUT2D eigenvalue weighted by Gasteiger charge is -2.06. The molecule has 1 amide bonds. The molecule has 0 radical (unpaired) electrons. The van der Waals surface area contributed by atoms with E-state index in [2.05, 4.69) is 10.3 Å². The highest BCUT2D eigenvalue weighted by Crippen LogP contribution is 2.22. The maximum Gasteiger partial charge on any atom is 0.224 e. The Balaban J connectivity index is 1.60. The topological polar surface area (TPSA) is 44.9 Å². The van der Waals surface area contributed by atoms with Gasteiger partial charge in [-0.2, -0.15) is 0 Å². The van der Waals surface area contributed by atoms with Crippen molar-refractivity contribution >= 4 is 16.8 Å². The number of rotatable bonds is 5. The van der Waals surface area contributed by atoms with E-state index in [1.807, 2.05) is 37.3 Å². The standard InChI is InChI=1S/C19H19FN2O/c1-13-17(16-7-2-3-8-18(16)22-13)12-19(23)21-10-9-14-5-4-6-15(20)11-14/h2-8,11,22H,9-10,12H2,1H3,(H,21,23). The van der Waals surface area contributed by atoms with E-state index >= 15 is 0 Å². The van der Waals surface area contributed by atoms with Crippen molar-refractivity contribution in [1.29, 1.82) is 0 Å². The normalized spacial score (nSPS) is 10.9. The number of carbonyl (C=O) groups is 1. The first-order valence-electron chi connectivity index (χ1n) is 7.71. The van der Waals surface area contributed by atoms with Gasteiger partial charge in [-0.15, -0.1) is 0 Å². The summed E-state index contributed by atoms with van der Waals surface area (Å²) >= 11 is 0. The SMILES string of the molecule is Cc1[nH]c2ccccc2c1CC(=O)NCCc1cccc(F)c1. The number of fused-ring (bicyclic) bond motifs is 1. The zero-order valence-corrected chi connectivity index (χ0v) is 13.0. The molecule has 3 rings (SSSR count). The Morgan fingerprint density at radius 2 is 2.00 bits per heavy atom. The molecule has 0 saturated heterocycles. The van der Waals surface area contributed by atoms with Gasteiger partial charge < -0.3 is 10.3 Å². The minimum Gasteiger partial charge on any atom is -0.358 e. The summed E-state index contributed by atoms with van der Waals surface area (Å²) in [6.07, 6.45) is 0.968. The summed E-state index contributed by atoms with van der Waals surface area (Å²) in [5.74, 6) is -0.266. The lowest BCUT2D eigenvalue weighted by molar-refractivity contribution is -0.120. The van der Waals surface area contributed by atoms with Crippen LogP contribution in [0.1, 0.15) is 16.8 Å². The van der Waals surface area contributed by atoms with Crippen LogP contribution in [0.3, 0.4) is 0 Å².